The molecule has 4 unspecified atom stereocenters. The van der Waals surface area contributed by atoms with E-state index in [1.165, 1.54) is 212 Å². The molecular weight excluding hydrogens is 1280 g/mol. The summed E-state index contributed by atoms with van der Waals surface area (Å²) >= 11 is 0. The van der Waals surface area contributed by atoms with Crippen molar-refractivity contribution in [2.24, 2.45) is 17.8 Å². The van der Waals surface area contributed by atoms with Crippen LogP contribution in [0.15, 0.2) is 0 Å². The monoisotopic (exact) mass is 1440 g/mol. The first-order chi connectivity index (χ1) is 47.3. The molecule has 0 aliphatic heterocycles. The van der Waals surface area contributed by atoms with Gasteiger partial charge in [-0.05, 0) is 43.4 Å². The van der Waals surface area contributed by atoms with Gasteiger partial charge in [-0.2, -0.15) is 0 Å². The minimum atomic E-state index is -4.96. The molecule has 0 bridgehead atoms. The van der Waals surface area contributed by atoms with Crippen LogP contribution in [0.4, 0.5) is 0 Å². The molecule has 0 amide bonds. The highest BCUT2D eigenvalue weighted by Crippen LogP contribution is 2.45. The zero-order valence-electron chi connectivity index (χ0n) is 64.3. The molecule has 0 saturated heterocycles. The fraction of sp³-hybridized carbons (Fsp3) is 0.949. The first-order valence-corrected chi connectivity index (χ1v) is 43.9. The van der Waals surface area contributed by atoms with Crippen molar-refractivity contribution >= 4 is 39.5 Å². The van der Waals surface area contributed by atoms with Crippen molar-refractivity contribution in [2.45, 2.75) is 426 Å². The van der Waals surface area contributed by atoms with Gasteiger partial charge in [-0.15, -0.1) is 0 Å². The van der Waals surface area contributed by atoms with Gasteiger partial charge in [0, 0.05) is 25.7 Å². The number of aliphatic hydroxyl groups is 1. The fourth-order valence-corrected chi connectivity index (χ4v) is 13.6. The van der Waals surface area contributed by atoms with Crippen molar-refractivity contribution < 1.29 is 80.2 Å². The normalized spacial score (nSPS) is 14.6. The average Bonchev–Trinajstić information content (AvgIpc) is 1.01. The van der Waals surface area contributed by atoms with E-state index in [1.54, 1.807) is 0 Å². The molecule has 0 rings (SSSR count). The van der Waals surface area contributed by atoms with Crippen LogP contribution < -0.4 is 0 Å². The van der Waals surface area contributed by atoms with Crippen molar-refractivity contribution in [2.75, 3.05) is 39.6 Å². The number of hydrogen-bond acceptors (Lipinski definition) is 15. The number of esters is 4. The van der Waals surface area contributed by atoms with Crippen LogP contribution >= 0.6 is 15.6 Å². The standard InChI is InChI=1S/C79H154O17P2/c1-8-11-12-13-14-39-46-53-60-76(81)89-66-74(96-79(84)63-56-49-42-35-34-38-45-52-59-72(7)10-3)68-93-97(85,86)91-64-73(80)65-92-98(87,88)94-69-75(67-90-77(82)61-54-47-40-32-28-25-21-22-26-30-36-43-50-57-70(4)5)95-78(83)62-55-48-41-33-29-24-20-18-16-15-17-19-23-27-31-37-44-51-58-71(6)9-2/h70-75,80H,8-69H2,1-7H3,(H,85,86)(H,87,88)/t71?,72?,73-,74+,75+/m0/s1. The zero-order chi connectivity index (χ0) is 72.3. The van der Waals surface area contributed by atoms with Gasteiger partial charge in [0.2, 0.25) is 0 Å². The summed E-state index contributed by atoms with van der Waals surface area (Å²) in [6.45, 7) is 12.0. The number of unbranched alkanes of at least 4 members (excludes halogenated alkanes) is 43. The summed E-state index contributed by atoms with van der Waals surface area (Å²) in [6, 6.07) is 0. The topological polar surface area (TPSA) is 237 Å². The molecule has 0 aromatic rings. The smallest absolute Gasteiger partial charge is 0.462 e. The highest BCUT2D eigenvalue weighted by Gasteiger charge is 2.30. The van der Waals surface area contributed by atoms with Crippen LogP contribution in [-0.2, 0) is 65.4 Å². The average molecular weight is 1440 g/mol. The SMILES string of the molecule is CCCCCCCCCCC(=O)OC[C@H](COP(=O)(O)OC[C@H](O)COP(=O)(O)OC[C@@H](COC(=O)CCCCCCCCCCCCCCCC(C)C)OC(=O)CCCCCCCCCCCCCCCCCCCCC(C)CC)OC(=O)CCCCCCCCCCC(C)CC. The van der Waals surface area contributed by atoms with Gasteiger partial charge in [0.05, 0.1) is 26.4 Å². The molecule has 7 atom stereocenters. The molecule has 0 aromatic carbocycles. The summed E-state index contributed by atoms with van der Waals surface area (Å²) in [7, 11) is -9.91. The van der Waals surface area contributed by atoms with Crippen molar-refractivity contribution in [3.05, 3.63) is 0 Å². The van der Waals surface area contributed by atoms with E-state index in [2.05, 4.69) is 48.5 Å². The number of hydrogen-bond donors (Lipinski definition) is 3. The molecule has 19 heteroatoms. The Balaban J connectivity index is 5.19. The Labute approximate surface area is 600 Å². The second kappa shape index (κ2) is 69.4. The maximum absolute atomic E-state index is 13.1. The minimum absolute atomic E-state index is 0.105. The van der Waals surface area contributed by atoms with E-state index in [0.717, 1.165) is 114 Å². The minimum Gasteiger partial charge on any atom is -0.462 e. The summed E-state index contributed by atoms with van der Waals surface area (Å²) in [6.07, 6.45) is 56.9. The molecule has 0 radical (unpaired) electrons. The highest BCUT2D eigenvalue weighted by atomic mass is 31.2. The van der Waals surface area contributed by atoms with Gasteiger partial charge in [0.1, 0.15) is 19.3 Å². The zero-order valence-corrected chi connectivity index (χ0v) is 66.0. The van der Waals surface area contributed by atoms with Gasteiger partial charge in [-0.1, -0.05) is 357 Å². The van der Waals surface area contributed by atoms with Crippen LogP contribution in [0.3, 0.4) is 0 Å². The van der Waals surface area contributed by atoms with E-state index < -0.39 is 97.5 Å². The lowest BCUT2D eigenvalue weighted by atomic mass is 9.99. The number of carbonyl (C=O) groups is 4. The van der Waals surface area contributed by atoms with Crippen molar-refractivity contribution in [1.29, 1.82) is 0 Å². The summed E-state index contributed by atoms with van der Waals surface area (Å²) < 4.78 is 68.5. The predicted octanol–water partition coefficient (Wildman–Crippen LogP) is 23.4. The summed E-state index contributed by atoms with van der Waals surface area (Å²) in [5, 5.41) is 10.6. The second-order valence-electron chi connectivity index (χ2n) is 29.4. The van der Waals surface area contributed by atoms with Crippen molar-refractivity contribution in [3.8, 4) is 0 Å². The molecule has 0 fully saturated rings. The lowest BCUT2D eigenvalue weighted by Crippen LogP contribution is -2.30. The first-order valence-electron chi connectivity index (χ1n) is 40.9. The van der Waals surface area contributed by atoms with Crippen molar-refractivity contribution in [1.82, 2.24) is 0 Å². The summed E-state index contributed by atoms with van der Waals surface area (Å²) in [5.74, 6) is 0.314. The van der Waals surface area contributed by atoms with Gasteiger partial charge in [-0.3, -0.25) is 37.3 Å². The quantitative estimate of drug-likeness (QED) is 0.0222. The van der Waals surface area contributed by atoms with Gasteiger partial charge in [0.15, 0.2) is 12.2 Å². The number of ether oxygens (including phenoxy) is 4. The maximum atomic E-state index is 13.1. The van der Waals surface area contributed by atoms with Crippen LogP contribution in [-0.4, -0.2) is 96.7 Å². The summed E-state index contributed by atoms with van der Waals surface area (Å²) in [5.41, 5.74) is 0. The molecule has 0 spiro atoms. The first kappa shape index (κ1) is 96.1. The fourth-order valence-electron chi connectivity index (χ4n) is 12.1. The molecule has 0 saturated carbocycles. The predicted molar refractivity (Wildman–Crippen MR) is 400 cm³/mol. The molecule has 0 aromatic heterocycles. The van der Waals surface area contributed by atoms with Crippen LogP contribution in [0.1, 0.15) is 408 Å². The molecule has 582 valence electrons. The van der Waals surface area contributed by atoms with E-state index in [1.807, 2.05) is 0 Å². The number of phosphoric acid groups is 2. The van der Waals surface area contributed by atoms with Crippen molar-refractivity contribution in [3.63, 3.8) is 0 Å². The Hall–Kier alpha value is -1.94. The Morgan fingerprint density at radius 2 is 0.520 bits per heavy atom. The Morgan fingerprint density at radius 1 is 0.296 bits per heavy atom. The lowest BCUT2D eigenvalue weighted by Gasteiger charge is -2.21. The van der Waals surface area contributed by atoms with Crippen LogP contribution in [0.2, 0.25) is 0 Å². The van der Waals surface area contributed by atoms with Gasteiger partial charge < -0.3 is 33.8 Å². The largest absolute Gasteiger partial charge is 0.472 e. The van der Waals surface area contributed by atoms with E-state index >= 15 is 0 Å². The number of carbonyl (C=O) groups excluding carboxylic acids is 4. The van der Waals surface area contributed by atoms with E-state index in [4.69, 9.17) is 37.0 Å². The maximum Gasteiger partial charge on any atom is 0.472 e. The van der Waals surface area contributed by atoms with Gasteiger partial charge in [0.25, 0.3) is 0 Å². The number of rotatable bonds is 77. The molecule has 17 nitrogen and oxygen atoms in total. The third-order valence-electron chi connectivity index (χ3n) is 19.1. The van der Waals surface area contributed by atoms with Crippen LogP contribution in [0, 0.1) is 17.8 Å². The molecule has 0 aliphatic rings. The molecular formula is C79H154O17P2. The van der Waals surface area contributed by atoms with E-state index in [0.29, 0.717) is 25.7 Å². The van der Waals surface area contributed by atoms with Crippen LogP contribution in [0.25, 0.3) is 0 Å². The Morgan fingerprint density at radius 3 is 0.776 bits per heavy atom. The molecule has 0 heterocycles. The highest BCUT2D eigenvalue weighted by molar-refractivity contribution is 7.47. The molecule has 3 N–H and O–H groups in total. The number of phosphoric ester groups is 2. The van der Waals surface area contributed by atoms with Gasteiger partial charge >= 0.3 is 39.5 Å². The molecule has 0 aliphatic carbocycles. The van der Waals surface area contributed by atoms with Crippen LogP contribution in [0.5, 0.6) is 0 Å². The third-order valence-corrected chi connectivity index (χ3v) is 21.0. The number of aliphatic hydroxyl groups excluding tert-OH is 1. The Kier molecular flexibility index (Phi) is 68.1. The second-order valence-corrected chi connectivity index (χ2v) is 32.3. The third kappa shape index (κ3) is 69.8. The lowest BCUT2D eigenvalue weighted by molar-refractivity contribution is -0.161. The van der Waals surface area contributed by atoms with E-state index in [-0.39, 0.29) is 25.7 Å². The van der Waals surface area contributed by atoms with E-state index in [9.17, 15) is 43.2 Å². The van der Waals surface area contributed by atoms with Gasteiger partial charge in [-0.25, -0.2) is 9.13 Å². The molecule has 98 heavy (non-hydrogen) atoms. The summed E-state index contributed by atoms with van der Waals surface area (Å²) in [4.78, 5) is 72.8. The Bertz CT molecular complexity index is 1910.